The van der Waals surface area contributed by atoms with Gasteiger partial charge in [0.2, 0.25) is 5.91 Å². The number of nitrogens with one attached hydrogen (secondary N) is 1. The van der Waals surface area contributed by atoms with Crippen LogP contribution in [0.5, 0.6) is 0 Å². The predicted octanol–water partition coefficient (Wildman–Crippen LogP) is 3.67. The normalized spacial score (nSPS) is 14.2. The highest BCUT2D eigenvalue weighted by Gasteiger charge is 2.20. The molecule has 0 saturated carbocycles. The van der Waals surface area contributed by atoms with Crippen molar-refractivity contribution in [2.75, 3.05) is 11.9 Å². The fourth-order valence-electron chi connectivity index (χ4n) is 2.95. The second kappa shape index (κ2) is 6.64. The Morgan fingerprint density at radius 3 is 2.68 bits per heavy atom. The van der Waals surface area contributed by atoms with E-state index < -0.39 is 0 Å². The second-order valence-electron chi connectivity index (χ2n) is 6.06. The van der Waals surface area contributed by atoms with E-state index in [0.717, 1.165) is 28.7 Å². The van der Waals surface area contributed by atoms with Crippen molar-refractivity contribution in [2.45, 2.75) is 19.4 Å². The number of fused-ring (bicyclic) bond motifs is 1. The summed E-state index contributed by atoms with van der Waals surface area (Å²) in [5.41, 5.74) is 2.50. The summed E-state index contributed by atoms with van der Waals surface area (Å²) in [4.78, 5) is 30.3. The lowest BCUT2D eigenvalue weighted by Crippen LogP contribution is -2.23. The van der Waals surface area contributed by atoms with Crippen LogP contribution in [-0.4, -0.2) is 28.2 Å². The summed E-state index contributed by atoms with van der Waals surface area (Å²) in [6, 6.07) is 15.2. The fourth-order valence-corrected chi connectivity index (χ4v) is 3.81. The molecule has 3 aromatic rings. The van der Waals surface area contributed by atoms with Crippen LogP contribution in [0.15, 0.2) is 48.5 Å². The molecular formula is C19H17N3O2S. The monoisotopic (exact) mass is 351 g/mol. The Morgan fingerprint density at radius 1 is 1.16 bits per heavy atom. The number of carbonyl (C=O) groups is 2. The number of rotatable bonds is 4. The van der Waals surface area contributed by atoms with Gasteiger partial charge in [0.25, 0.3) is 5.91 Å². The zero-order valence-corrected chi connectivity index (χ0v) is 14.4. The number of thiazole rings is 1. The summed E-state index contributed by atoms with van der Waals surface area (Å²) in [7, 11) is 0. The number of hydrogen-bond donors (Lipinski definition) is 1. The minimum Gasteiger partial charge on any atom is -0.338 e. The summed E-state index contributed by atoms with van der Waals surface area (Å²) >= 11 is 1.46. The van der Waals surface area contributed by atoms with Crippen molar-refractivity contribution in [3.05, 3.63) is 59.7 Å². The number of nitrogens with zero attached hydrogens (tertiary/aromatic N) is 2. The molecule has 0 radical (unpaired) electrons. The molecule has 5 nitrogen and oxygen atoms in total. The van der Waals surface area contributed by atoms with Gasteiger partial charge in [0.05, 0.1) is 10.2 Å². The molecule has 2 aromatic carbocycles. The molecule has 1 aromatic heterocycles. The van der Waals surface area contributed by atoms with E-state index in [-0.39, 0.29) is 11.8 Å². The van der Waals surface area contributed by atoms with Gasteiger partial charge in [-0.05, 0) is 36.2 Å². The zero-order chi connectivity index (χ0) is 17.2. The topological polar surface area (TPSA) is 62.3 Å². The minimum absolute atomic E-state index is 0.178. The van der Waals surface area contributed by atoms with E-state index >= 15 is 0 Å². The molecule has 1 N–H and O–H groups in total. The van der Waals surface area contributed by atoms with Crippen molar-refractivity contribution in [1.29, 1.82) is 0 Å². The third-order valence-electron chi connectivity index (χ3n) is 4.28. The number of anilines is 1. The van der Waals surface area contributed by atoms with Gasteiger partial charge in [-0.3, -0.25) is 14.9 Å². The first kappa shape index (κ1) is 15.8. The maximum atomic E-state index is 12.4. The van der Waals surface area contributed by atoms with E-state index in [0.29, 0.717) is 23.7 Å². The van der Waals surface area contributed by atoms with E-state index in [1.54, 1.807) is 12.1 Å². The van der Waals surface area contributed by atoms with Crippen LogP contribution in [0.3, 0.4) is 0 Å². The first-order chi connectivity index (χ1) is 12.2. The number of para-hydroxylation sites is 1. The highest BCUT2D eigenvalue weighted by Crippen LogP contribution is 2.25. The third kappa shape index (κ3) is 3.39. The Morgan fingerprint density at radius 2 is 1.96 bits per heavy atom. The predicted molar refractivity (Wildman–Crippen MR) is 98.7 cm³/mol. The molecule has 0 aliphatic carbocycles. The quantitative estimate of drug-likeness (QED) is 0.780. The Labute approximate surface area is 149 Å². The minimum atomic E-state index is -0.178. The van der Waals surface area contributed by atoms with Gasteiger partial charge in [-0.15, -0.1) is 0 Å². The van der Waals surface area contributed by atoms with Crippen LogP contribution in [-0.2, 0) is 11.3 Å². The van der Waals surface area contributed by atoms with Crippen LogP contribution in [0.4, 0.5) is 5.13 Å². The van der Waals surface area contributed by atoms with Crippen molar-refractivity contribution in [3.63, 3.8) is 0 Å². The Kier molecular flexibility index (Phi) is 4.19. The van der Waals surface area contributed by atoms with Crippen LogP contribution in [0.2, 0.25) is 0 Å². The van der Waals surface area contributed by atoms with Crippen LogP contribution >= 0.6 is 11.3 Å². The van der Waals surface area contributed by atoms with E-state index in [4.69, 9.17) is 0 Å². The van der Waals surface area contributed by atoms with Crippen LogP contribution in [0.1, 0.15) is 28.8 Å². The lowest BCUT2D eigenvalue weighted by atomic mass is 10.1. The van der Waals surface area contributed by atoms with Crippen molar-refractivity contribution < 1.29 is 9.59 Å². The Hall–Kier alpha value is -2.73. The second-order valence-corrected chi connectivity index (χ2v) is 7.09. The lowest BCUT2D eigenvalue weighted by molar-refractivity contribution is -0.128. The molecule has 25 heavy (non-hydrogen) atoms. The SMILES string of the molecule is O=C(Nc1nc2ccccc2s1)c1ccc(CN2CCCC2=O)cc1. The number of amides is 2. The largest absolute Gasteiger partial charge is 0.338 e. The maximum Gasteiger partial charge on any atom is 0.257 e. The first-order valence-electron chi connectivity index (χ1n) is 8.23. The zero-order valence-electron chi connectivity index (χ0n) is 13.6. The molecule has 1 saturated heterocycles. The average molecular weight is 351 g/mol. The molecule has 0 bridgehead atoms. The van der Waals surface area contributed by atoms with Gasteiger partial charge in [-0.2, -0.15) is 0 Å². The molecule has 1 aliphatic rings. The molecule has 2 heterocycles. The van der Waals surface area contributed by atoms with Gasteiger partial charge in [0.1, 0.15) is 0 Å². The van der Waals surface area contributed by atoms with Gasteiger partial charge in [-0.1, -0.05) is 35.6 Å². The van der Waals surface area contributed by atoms with Crippen molar-refractivity contribution >= 4 is 38.5 Å². The fraction of sp³-hybridized carbons (Fsp3) is 0.211. The highest BCUT2D eigenvalue weighted by molar-refractivity contribution is 7.22. The van der Waals surface area contributed by atoms with E-state index in [9.17, 15) is 9.59 Å². The van der Waals surface area contributed by atoms with Gasteiger partial charge < -0.3 is 4.90 Å². The van der Waals surface area contributed by atoms with E-state index in [1.165, 1.54) is 11.3 Å². The summed E-state index contributed by atoms with van der Waals surface area (Å²) in [5, 5.41) is 3.45. The van der Waals surface area contributed by atoms with Gasteiger partial charge in [0.15, 0.2) is 5.13 Å². The molecule has 126 valence electrons. The summed E-state index contributed by atoms with van der Waals surface area (Å²) < 4.78 is 1.04. The molecule has 2 amide bonds. The maximum absolute atomic E-state index is 12.4. The van der Waals surface area contributed by atoms with Gasteiger partial charge in [0, 0.05) is 25.1 Å². The molecule has 6 heteroatoms. The van der Waals surface area contributed by atoms with Gasteiger partial charge >= 0.3 is 0 Å². The lowest BCUT2D eigenvalue weighted by Gasteiger charge is -2.15. The van der Waals surface area contributed by atoms with Crippen LogP contribution in [0.25, 0.3) is 10.2 Å². The average Bonchev–Trinajstić information content (AvgIpc) is 3.21. The molecule has 0 atom stereocenters. The molecular weight excluding hydrogens is 334 g/mol. The van der Waals surface area contributed by atoms with Crippen molar-refractivity contribution in [1.82, 2.24) is 9.88 Å². The van der Waals surface area contributed by atoms with Crippen molar-refractivity contribution in [2.24, 2.45) is 0 Å². The molecule has 4 rings (SSSR count). The third-order valence-corrected chi connectivity index (χ3v) is 5.23. The van der Waals surface area contributed by atoms with E-state index in [2.05, 4.69) is 10.3 Å². The van der Waals surface area contributed by atoms with E-state index in [1.807, 2.05) is 41.3 Å². The number of hydrogen-bond acceptors (Lipinski definition) is 4. The molecule has 1 fully saturated rings. The number of carbonyl (C=O) groups excluding carboxylic acids is 2. The first-order valence-corrected chi connectivity index (χ1v) is 9.04. The molecule has 0 spiro atoms. The molecule has 0 unspecified atom stereocenters. The van der Waals surface area contributed by atoms with Crippen molar-refractivity contribution in [3.8, 4) is 0 Å². The Bertz CT molecular complexity index is 900. The smallest absolute Gasteiger partial charge is 0.257 e. The highest BCUT2D eigenvalue weighted by atomic mass is 32.1. The Balaban J connectivity index is 1.44. The standard InChI is InChI=1S/C19H17N3O2S/c23-17-6-3-11-22(17)12-13-7-9-14(10-8-13)18(24)21-19-20-15-4-1-2-5-16(15)25-19/h1-2,4-5,7-10H,3,6,11-12H2,(H,20,21,24). The van der Waals surface area contributed by atoms with Gasteiger partial charge in [-0.25, -0.2) is 4.98 Å². The van der Waals surface area contributed by atoms with Crippen LogP contribution < -0.4 is 5.32 Å². The summed E-state index contributed by atoms with van der Waals surface area (Å²) in [6.07, 6.45) is 1.57. The summed E-state index contributed by atoms with van der Waals surface area (Å²) in [5.74, 6) is 0.0283. The molecule has 1 aliphatic heterocycles. The number of benzene rings is 2. The van der Waals surface area contributed by atoms with Crippen LogP contribution in [0, 0.1) is 0 Å². The summed E-state index contributed by atoms with van der Waals surface area (Å²) in [6.45, 7) is 1.43. The number of aromatic nitrogens is 1. The number of likely N-dealkylation sites (tertiary alicyclic amines) is 1.